The summed E-state index contributed by atoms with van der Waals surface area (Å²) in [5.74, 6) is -0.341. The fraction of sp³-hybridized carbons (Fsp3) is 0.148. The molecule has 9 heteroatoms. The Bertz CT molecular complexity index is 1360. The summed E-state index contributed by atoms with van der Waals surface area (Å²) in [5.41, 5.74) is 2.91. The Labute approximate surface area is 224 Å². The Kier molecular flexibility index (Phi) is 7.36. The average molecular weight is 541 g/mol. The summed E-state index contributed by atoms with van der Waals surface area (Å²) in [7, 11) is 3.00. The number of halogens is 2. The molecule has 0 unspecified atom stereocenters. The first-order chi connectivity index (χ1) is 17.2. The Balaban J connectivity index is 1.93. The highest BCUT2D eigenvalue weighted by atomic mass is 35.5. The van der Waals surface area contributed by atoms with E-state index in [0.29, 0.717) is 38.5 Å². The van der Waals surface area contributed by atoms with Crippen molar-refractivity contribution in [1.29, 1.82) is 0 Å². The van der Waals surface area contributed by atoms with Crippen molar-refractivity contribution in [3.63, 3.8) is 0 Å². The molecule has 184 valence electrons. The predicted octanol–water partition coefficient (Wildman–Crippen LogP) is 6.38. The molecule has 1 saturated heterocycles. The van der Waals surface area contributed by atoms with E-state index in [1.807, 2.05) is 13.8 Å². The van der Waals surface area contributed by atoms with Crippen LogP contribution in [0, 0.1) is 13.8 Å². The summed E-state index contributed by atoms with van der Waals surface area (Å²) in [6.07, 6.45) is 1.47. The van der Waals surface area contributed by atoms with Crippen LogP contribution >= 0.6 is 35.4 Å². The van der Waals surface area contributed by atoms with Crippen LogP contribution in [0.15, 0.2) is 60.2 Å². The van der Waals surface area contributed by atoms with Crippen molar-refractivity contribution in [3.8, 4) is 11.5 Å². The van der Waals surface area contributed by atoms with Crippen molar-refractivity contribution in [1.82, 2.24) is 0 Å². The number of carbonyl (C=O) groups is 2. The Morgan fingerprint density at radius 2 is 1.33 bits per heavy atom. The molecule has 3 aromatic carbocycles. The number of anilines is 2. The molecule has 4 rings (SSSR count). The SMILES string of the molecule is COc1cccc(C=C2C(=O)N(c3ccc(C)c(Cl)c3)C(=S)N(c3ccc(C)c(Cl)c3)C2=O)c1OC. The van der Waals surface area contributed by atoms with Crippen molar-refractivity contribution < 1.29 is 19.1 Å². The average Bonchev–Trinajstić information content (AvgIpc) is 2.85. The van der Waals surface area contributed by atoms with Gasteiger partial charge in [0.2, 0.25) is 0 Å². The molecule has 0 aromatic heterocycles. The zero-order valence-corrected chi connectivity index (χ0v) is 22.3. The number of carbonyl (C=O) groups excluding carboxylic acids is 2. The van der Waals surface area contributed by atoms with E-state index in [-0.39, 0.29) is 10.7 Å². The summed E-state index contributed by atoms with van der Waals surface area (Å²) in [6.45, 7) is 3.71. The molecule has 1 aliphatic rings. The van der Waals surface area contributed by atoms with Gasteiger partial charge in [0.25, 0.3) is 11.8 Å². The standard InChI is InChI=1S/C27H22Cl2N2O4S/c1-15-8-10-18(13-21(15)28)30-25(32)20(12-17-6-5-7-23(34-3)24(17)35-4)26(33)31(27(30)36)19-11-9-16(2)22(29)14-19/h5-14H,1-4H3. The highest BCUT2D eigenvalue weighted by Gasteiger charge is 2.41. The summed E-state index contributed by atoms with van der Waals surface area (Å²) in [5, 5.41) is 0.912. The maximum absolute atomic E-state index is 13.8. The molecule has 2 amide bonds. The van der Waals surface area contributed by atoms with E-state index in [2.05, 4.69) is 0 Å². The molecule has 0 radical (unpaired) electrons. The molecule has 0 saturated carbocycles. The molecule has 0 spiro atoms. The van der Waals surface area contributed by atoms with Crippen molar-refractivity contribution >= 4 is 69.8 Å². The van der Waals surface area contributed by atoms with Gasteiger partial charge in [0.1, 0.15) is 5.57 Å². The van der Waals surface area contributed by atoms with Crippen molar-refractivity contribution in [2.75, 3.05) is 24.0 Å². The third-order valence-electron chi connectivity index (χ3n) is 5.81. The monoisotopic (exact) mass is 540 g/mol. The topological polar surface area (TPSA) is 59.1 Å². The van der Waals surface area contributed by atoms with Gasteiger partial charge in [-0.2, -0.15) is 0 Å². The lowest BCUT2D eigenvalue weighted by molar-refractivity contribution is -0.120. The largest absolute Gasteiger partial charge is 0.493 e. The lowest BCUT2D eigenvalue weighted by Crippen LogP contribution is -2.57. The first-order valence-corrected chi connectivity index (χ1v) is 12.0. The summed E-state index contributed by atoms with van der Waals surface area (Å²) >= 11 is 18.4. The van der Waals surface area contributed by atoms with Gasteiger partial charge in [-0.05, 0) is 73.6 Å². The normalized spacial score (nSPS) is 13.8. The Hall–Kier alpha value is -3.39. The summed E-state index contributed by atoms with van der Waals surface area (Å²) in [4.78, 5) is 30.1. The summed E-state index contributed by atoms with van der Waals surface area (Å²) in [6, 6.07) is 15.5. The number of methoxy groups -OCH3 is 2. The number of benzene rings is 3. The minimum absolute atomic E-state index is 0.0143. The number of thiocarbonyl (C=S) groups is 1. The molecule has 1 heterocycles. The van der Waals surface area contributed by atoms with Crippen LogP contribution in [0.5, 0.6) is 11.5 Å². The van der Waals surface area contributed by atoms with Gasteiger partial charge in [-0.1, -0.05) is 47.5 Å². The van der Waals surface area contributed by atoms with Gasteiger partial charge in [-0.15, -0.1) is 0 Å². The number of amides is 2. The van der Waals surface area contributed by atoms with E-state index in [9.17, 15) is 9.59 Å². The Morgan fingerprint density at radius 1 is 0.806 bits per heavy atom. The number of hydrogen-bond donors (Lipinski definition) is 0. The van der Waals surface area contributed by atoms with Gasteiger partial charge in [-0.25, -0.2) is 0 Å². The molecule has 3 aromatic rings. The quantitative estimate of drug-likeness (QED) is 0.213. The van der Waals surface area contributed by atoms with Crippen LogP contribution in [0.2, 0.25) is 10.0 Å². The van der Waals surface area contributed by atoms with Crippen LogP contribution in [0.4, 0.5) is 11.4 Å². The second-order valence-corrected chi connectivity index (χ2v) is 9.25. The molecule has 1 fully saturated rings. The fourth-order valence-electron chi connectivity index (χ4n) is 3.81. The van der Waals surface area contributed by atoms with E-state index in [1.54, 1.807) is 54.6 Å². The second kappa shape index (κ2) is 10.3. The number of hydrogen-bond acceptors (Lipinski definition) is 5. The highest BCUT2D eigenvalue weighted by molar-refractivity contribution is 7.81. The van der Waals surface area contributed by atoms with Crippen molar-refractivity contribution in [3.05, 3.63) is 86.9 Å². The van der Waals surface area contributed by atoms with Crippen LogP contribution in [0.1, 0.15) is 16.7 Å². The zero-order valence-electron chi connectivity index (χ0n) is 20.0. The molecular weight excluding hydrogens is 519 g/mol. The van der Waals surface area contributed by atoms with E-state index in [0.717, 1.165) is 11.1 Å². The highest BCUT2D eigenvalue weighted by Crippen LogP contribution is 2.36. The van der Waals surface area contributed by atoms with Crippen LogP contribution in [0.25, 0.3) is 6.08 Å². The minimum Gasteiger partial charge on any atom is -0.493 e. The van der Waals surface area contributed by atoms with E-state index < -0.39 is 11.8 Å². The smallest absolute Gasteiger partial charge is 0.270 e. The van der Waals surface area contributed by atoms with Gasteiger partial charge in [0.15, 0.2) is 16.6 Å². The Morgan fingerprint density at radius 3 is 1.78 bits per heavy atom. The molecule has 0 atom stereocenters. The first-order valence-electron chi connectivity index (χ1n) is 10.9. The second-order valence-electron chi connectivity index (χ2n) is 8.07. The van der Waals surface area contributed by atoms with Crippen molar-refractivity contribution in [2.45, 2.75) is 13.8 Å². The third kappa shape index (κ3) is 4.57. The van der Waals surface area contributed by atoms with Crippen LogP contribution in [-0.2, 0) is 9.59 Å². The van der Waals surface area contributed by atoms with Crippen LogP contribution in [0.3, 0.4) is 0 Å². The van der Waals surface area contributed by atoms with Crippen molar-refractivity contribution in [2.24, 2.45) is 0 Å². The molecule has 1 aliphatic heterocycles. The molecule has 36 heavy (non-hydrogen) atoms. The van der Waals surface area contributed by atoms with E-state index >= 15 is 0 Å². The van der Waals surface area contributed by atoms with Gasteiger partial charge < -0.3 is 9.47 Å². The number of nitrogens with zero attached hydrogens (tertiary/aromatic N) is 2. The molecule has 0 bridgehead atoms. The molecular formula is C27H22Cl2N2O4S. The van der Waals surface area contributed by atoms with Crippen LogP contribution < -0.4 is 19.3 Å². The first kappa shape index (κ1) is 25.7. The van der Waals surface area contributed by atoms with Gasteiger partial charge in [0.05, 0.1) is 25.6 Å². The maximum Gasteiger partial charge on any atom is 0.270 e. The fourth-order valence-corrected chi connectivity index (χ4v) is 4.53. The minimum atomic E-state index is -0.593. The summed E-state index contributed by atoms with van der Waals surface area (Å²) < 4.78 is 10.9. The van der Waals surface area contributed by atoms with E-state index in [1.165, 1.54) is 30.1 Å². The molecule has 6 nitrogen and oxygen atoms in total. The van der Waals surface area contributed by atoms with Gasteiger partial charge in [-0.3, -0.25) is 19.4 Å². The molecule has 0 aliphatic carbocycles. The number of rotatable bonds is 5. The lowest BCUT2D eigenvalue weighted by Gasteiger charge is -2.36. The number of ether oxygens (including phenoxy) is 2. The van der Waals surface area contributed by atoms with Crippen LogP contribution in [-0.4, -0.2) is 31.1 Å². The van der Waals surface area contributed by atoms with Gasteiger partial charge in [0, 0.05) is 15.6 Å². The maximum atomic E-state index is 13.8. The lowest BCUT2D eigenvalue weighted by atomic mass is 10.0. The number of aryl methyl sites for hydroxylation is 2. The van der Waals surface area contributed by atoms with Gasteiger partial charge >= 0.3 is 0 Å². The zero-order chi connectivity index (χ0) is 26.1. The molecule has 0 N–H and O–H groups in total. The number of para-hydroxylation sites is 1. The van der Waals surface area contributed by atoms with E-state index in [4.69, 9.17) is 44.9 Å². The predicted molar refractivity (Wildman–Crippen MR) is 147 cm³/mol. The third-order valence-corrected chi connectivity index (χ3v) is 6.99.